The number of carbonyl (C=O) groups is 1. The molecule has 128 valence electrons. The summed E-state index contributed by atoms with van der Waals surface area (Å²) in [5.74, 6) is 0.558. The van der Waals surface area contributed by atoms with E-state index in [2.05, 4.69) is 24.1 Å². The van der Waals surface area contributed by atoms with Gasteiger partial charge in [-0.05, 0) is 45.1 Å². The van der Waals surface area contributed by atoms with Crippen LogP contribution in [0, 0.1) is 5.92 Å². The van der Waals surface area contributed by atoms with Crippen LogP contribution < -0.4 is 5.32 Å². The Morgan fingerprint density at radius 2 is 1.95 bits per heavy atom. The Kier molecular flexibility index (Phi) is 5.85. The first-order chi connectivity index (χ1) is 10.3. The van der Waals surface area contributed by atoms with Crippen LogP contribution in [0.1, 0.15) is 39.5 Å². The molecule has 7 heteroatoms. The number of hydrogen-bond donors (Lipinski definition) is 1. The third-order valence-corrected chi connectivity index (χ3v) is 6.10. The van der Waals surface area contributed by atoms with Crippen molar-refractivity contribution in [3.05, 3.63) is 0 Å². The summed E-state index contributed by atoms with van der Waals surface area (Å²) in [7, 11) is -3.30. The van der Waals surface area contributed by atoms with E-state index in [1.807, 2.05) is 0 Å². The summed E-state index contributed by atoms with van der Waals surface area (Å²) >= 11 is 0. The molecule has 2 fully saturated rings. The third-order valence-electron chi connectivity index (χ3n) is 4.82. The molecule has 2 aliphatic rings. The van der Waals surface area contributed by atoms with Gasteiger partial charge in [0.1, 0.15) is 6.04 Å². The van der Waals surface area contributed by atoms with Gasteiger partial charge in [0.25, 0.3) is 0 Å². The normalized spacial score (nSPS) is 29.4. The van der Waals surface area contributed by atoms with Crippen LogP contribution in [-0.2, 0) is 14.8 Å². The monoisotopic (exact) mass is 331 g/mol. The van der Waals surface area contributed by atoms with Crippen molar-refractivity contribution in [2.24, 2.45) is 5.92 Å². The van der Waals surface area contributed by atoms with Crippen molar-refractivity contribution in [3.63, 3.8) is 0 Å². The second-order valence-corrected chi connectivity index (χ2v) is 8.80. The van der Waals surface area contributed by atoms with Crippen molar-refractivity contribution < 1.29 is 13.2 Å². The van der Waals surface area contributed by atoms with E-state index < -0.39 is 16.1 Å². The van der Waals surface area contributed by atoms with Crippen LogP contribution in [0.5, 0.6) is 0 Å². The number of nitrogens with one attached hydrogen (secondary N) is 1. The van der Waals surface area contributed by atoms with Crippen molar-refractivity contribution in [3.8, 4) is 0 Å². The van der Waals surface area contributed by atoms with Crippen molar-refractivity contribution in [2.75, 3.05) is 32.4 Å². The number of carbonyl (C=O) groups excluding carboxylic acids is 1. The highest BCUT2D eigenvalue weighted by atomic mass is 32.2. The zero-order valence-corrected chi connectivity index (χ0v) is 14.7. The van der Waals surface area contributed by atoms with Crippen LogP contribution >= 0.6 is 0 Å². The van der Waals surface area contributed by atoms with Gasteiger partial charge in [0, 0.05) is 25.7 Å². The minimum Gasteiger partial charge on any atom is -0.353 e. The maximum atomic E-state index is 12.3. The molecule has 0 saturated carbocycles. The van der Waals surface area contributed by atoms with Gasteiger partial charge >= 0.3 is 0 Å². The summed E-state index contributed by atoms with van der Waals surface area (Å²) in [6, 6.07) is -0.234. The Hall–Kier alpha value is -0.660. The SMILES string of the molecule is C[C@@H]1CCCN([C@H](C)CNC(=O)[C@@H]2CCCN2S(C)(=O)=O)C1. The molecule has 0 aromatic rings. The molecular formula is C15H29N3O3S. The molecule has 0 spiro atoms. The molecule has 0 unspecified atom stereocenters. The van der Waals surface area contributed by atoms with Crippen LogP contribution in [0.4, 0.5) is 0 Å². The largest absolute Gasteiger partial charge is 0.353 e. The highest BCUT2D eigenvalue weighted by molar-refractivity contribution is 7.88. The minimum atomic E-state index is -3.30. The quantitative estimate of drug-likeness (QED) is 0.803. The van der Waals surface area contributed by atoms with Crippen LogP contribution in [0.3, 0.4) is 0 Å². The fourth-order valence-corrected chi connectivity index (χ4v) is 4.64. The Labute approximate surface area is 134 Å². The van der Waals surface area contributed by atoms with Crippen LogP contribution in [0.2, 0.25) is 0 Å². The molecule has 1 amide bonds. The van der Waals surface area contributed by atoms with Crippen molar-refractivity contribution in [2.45, 2.75) is 51.6 Å². The molecule has 3 atom stereocenters. The van der Waals surface area contributed by atoms with Gasteiger partial charge in [-0.1, -0.05) is 6.92 Å². The van der Waals surface area contributed by atoms with E-state index in [4.69, 9.17) is 0 Å². The number of sulfonamides is 1. The second-order valence-electron chi connectivity index (χ2n) is 6.87. The van der Waals surface area contributed by atoms with Gasteiger partial charge < -0.3 is 5.32 Å². The number of nitrogens with zero attached hydrogens (tertiary/aromatic N) is 2. The Morgan fingerprint density at radius 1 is 1.27 bits per heavy atom. The molecule has 6 nitrogen and oxygen atoms in total. The molecule has 0 bridgehead atoms. The van der Waals surface area contributed by atoms with Crippen LogP contribution in [0.15, 0.2) is 0 Å². The lowest BCUT2D eigenvalue weighted by Crippen LogP contribution is -2.50. The predicted molar refractivity (Wildman–Crippen MR) is 87.0 cm³/mol. The molecule has 2 aliphatic heterocycles. The average Bonchev–Trinajstić information content (AvgIpc) is 2.94. The topological polar surface area (TPSA) is 69.7 Å². The van der Waals surface area contributed by atoms with Crippen LogP contribution in [0.25, 0.3) is 0 Å². The molecule has 0 aromatic heterocycles. The third kappa shape index (κ3) is 4.43. The summed E-state index contributed by atoms with van der Waals surface area (Å²) in [5, 5.41) is 2.95. The lowest BCUT2D eigenvalue weighted by atomic mass is 9.99. The molecule has 2 rings (SSSR count). The molecule has 22 heavy (non-hydrogen) atoms. The fraction of sp³-hybridized carbons (Fsp3) is 0.933. The number of rotatable bonds is 5. The van der Waals surface area contributed by atoms with E-state index in [9.17, 15) is 13.2 Å². The Morgan fingerprint density at radius 3 is 2.59 bits per heavy atom. The zero-order chi connectivity index (χ0) is 16.3. The molecule has 1 N–H and O–H groups in total. The lowest BCUT2D eigenvalue weighted by molar-refractivity contribution is -0.124. The predicted octanol–water partition coefficient (Wildman–Crippen LogP) is 0.647. The summed E-state index contributed by atoms with van der Waals surface area (Å²) < 4.78 is 24.7. The smallest absolute Gasteiger partial charge is 0.238 e. The Balaban J connectivity index is 1.84. The first-order valence-corrected chi connectivity index (χ1v) is 10.1. The van der Waals surface area contributed by atoms with Gasteiger partial charge in [-0.3, -0.25) is 9.69 Å². The van der Waals surface area contributed by atoms with E-state index in [1.165, 1.54) is 23.4 Å². The average molecular weight is 331 g/mol. The van der Waals surface area contributed by atoms with E-state index in [-0.39, 0.29) is 5.91 Å². The standard InChI is InChI=1S/C15H29N3O3S/c1-12-6-4-8-17(11-12)13(2)10-16-15(19)14-7-5-9-18(14)22(3,20)21/h12-14H,4-11H2,1-3H3,(H,16,19)/t12-,13-,14+/m1/s1. The molecule has 2 saturated heterocycles. The molecule has 0 radical (unpaired) electrons. The van der Waals surface area contributed by atoms with Crippen molar-refractivity contribution in [1.82, 2.24) is 14.5 Å². The number of piperidine rings is 1. The fourth-order valence-electron chi connectivity index (χ4n) is 3.52. The van der Waals surface area contributed by atoms with Crippen LogP contribution in [-0.4, -0.2) is 68.0 Å². The Bertz CT molecular complexity index is 494. The number of amides is 1. The highest BCUT2D eigenvalue weighted by Gasteiger charge is 2.36. The van der Waals surface area contributed by atoms with Gasteiger partial charge in [0.15, 0.2) is 0 Å². The molecule has 2 heterocycles. The van der Waals surface area contributed by atoms with Crippen molar-refractivity contribution in [1.29, 1.82) is 0 Å². The first-order valence-electron chi connectivity index (χ1n) is 8.27. The van der Waals surface area contributed by atoms with E-state index in [0.717, 1.165) is 19.5 Å². The number of likely N-dealkylation sites (tertiary alicyclic amines) is 1. The second kappa shape index (κ2) is 7.27. The zero-order valence-electron chi connectivity index (χ0n) is 13.9. The van der Waals surface area contributed by atoms with E-state index >= 15 is 0 Å². The van der Waals surface area contributed by atoms with Crippen molar-refractivity contribution >= 4 is 15.9 Å². The highest BCUT2D eigenvalue weighted by Crippen LogP contribution is 2.21. The molecule has 0 aliphatic carbocycles. The van der Waals surface area contributed by atoms with Gasteiger partial charge in [-0.2, -0.15) is 4.31 Å². The van der Waals surface area contributed by atoms with Gasteiger partial charge in [-0.15, -0.1) is 0 Å². The van der Waals surface area contributed by atoms with Gasteiger partial charge in [-0.25, -0.2) is 8.42 Å². The van der Waals surface area contributed by atoms with Gasteiger partial charge in [0.2, 0.25) is 15.9 Å². The number of hydrogen-bond acceptors (Lipinski definition) is 4. The molecule has 0 aromatic carbocycles. The maximum absolute atomic E-state index is 12.3. The molecular weight excluding hydrogens is 302 g/mol. The first kappa shape index (κ1) is 17.7. The lowest BCUT2D eigenvalue weighted by Gasteiger charge is -2.35. The minimum absolute atomic E-state index is 0.153. The summed E-state index contributed by atoms with van der Waals surface area (Å²) in [4.78, 5) is 14.7. The summed E-state index contributed by atoms with van der Waals surface area (Å²) in [5.41, 5.74) is 0. The summed E-state index contributed by atoms with van der Waals surface area (Å²) in [6.45, 7) is 7.59. The van der Waals surface area contributed by atoms with Gasteiger partial charge in [0.05, 0.1) is 6.26 Å². The van der Waals surface area contributed by atoms with E-state index in [1.54, 1.807) is 0 Å². The summed E-state index contributed by atoms with van der Waals surface area (Å²) in [6.07, 6.45) is 5.04. The maximum Gasteiger partial charge on any atom is 0.238 e. The van der Waals surface area contributed by atoms with E-state index in [0.29, 0.717) is 31.5 Å².